The molecule has 0 radical (unpaired) electrons. The lowest BCUT2D eigenvalue weighted by atomic mass is 10.1. The minimum Gasteiger partial charge on any atom is -0.326 e. The van der Waals surface area contributed by atoms with Gasteiger partial charge in [-0.3, -0.25) is 4.79 Å². The fourth-order valence-corrected chi connectivity index (χ4v) is 2.61. The number of hydrogen-bond donors (Lipinski definition) is 2. The summed E-state index contributed by atoms with van der Waals surface area (Å²) in [6, 6.07) is 6.26. The molecule has 118 valence electrons. The second-order valence-corrected chi connectivity index (χ2v) is 7.17. The highest BCUT2D eigenvalue weighted by atomic mass is 32.2. The number of amides is 1. The standard InChI is InChI=1S/C14H23N3O3S/c1-5-15-10-11(2)14(18)16-12-7-6-8-13(9-12)21(19,20)17(3)4/h6-9,11,15H,5,10H2,1-4H3,(H,16,18). The molecule has 0 saturated carbocycles. The summed E-state index contributed by atoms with van der Waals surface area (Å²) in [6.45, 7) is 5.17. The van der Waals surface area contributed by atoms with Gasteiger partial charge in [0.2, 0.25) is 15.9 Å². The van der Waals surface area contributed by atoms with Crippen molar-refractivity contribution < 1.29 is 13.2 Å². The normalized spacial score (nSPS) is 13.2. The number of nitrogens with one attached hydrogen (secondary N) is 2. The number of anilines is 1. The predicted octanol–water partition coefficient (Wildman–Crippen LogP) is 1.12. The summed E-state index contributed by atoms with van der Waals surface area (Å²) < 4.78 is 25.2. The van der Waals surface area contributed by atoms with Crippen molar-refractivity contribution in [1.82, 2.24) is 9.62 Å². The van der Waals surface area contributed by atoms with Crippen LogP contribution < -0.4 is 10.6 Å². The van der Waals surface area contributed by atoms with Gasteiger partial charge in [-0.2, -0.15) is 0 Å². The maximum atomic E-state index is 12.0. The quantitative estimate of drug-likeness (QED) is 0.791. The van der Waals surface area contributed by atoms with Crippen LogP contribution in [0.15, 0.2) is 29.2 Å². The SMILES string of the molecule is CCNCC(C)C(=O)Nc1cccc(S(=O)(=O)N(C)C)c1. The Bertz CT molecular complexity index is 585. The van der Waals surface area contributed by atoms with Gasteiger partial charge < -0.3 is 10.6 Å². The van der Waals surface area contributed by atoms with Crippen LogP contribution in [0.2, 0.25) is 0 Å². The van der Waals surface area contributed by atoms with E-state index in [1.165, 1.54) is 26.2 Å². The van der Waals surface area contributed by atoms with Crippen LogP contribution in [0, 0.1) is 5.92 Å². The van der Waals surface area contributed by atoms with Gasteiger partial charge in [-0.1, -0.05) is 19.9 Å². The summed E-state index contributed by atoms with van der Waals surface area (Å²) in [7, 11) is -0.557. The van der Waals surface area contributed by atoms with E-state index in [2.05, 4.69) is 10.6 Å². The van der Waals surface area contributed by atoms with E-state index in [1.807, 2.05) is 13.8 Å². The van der Waals surface area contributed by atoms with Gasteiger partial charge in [-0.15, -0.1) is 0 Å². The lowest BCUT2D eigenvalue weighted by molar-refractivity contribution is -0.119. The maximum Gasteiger partial charge on any atom is 0.242 e. The molecular weight excluding hydrogens is 290 g/mol. The summed E-state index contributed by atoms with van der Waals surface area (Å²) in [5, 5.41) is 5.84. The molecule has 1 aromatic carbocycles. The van der Waals surface area contributed by atoms with E-state index in [1.54, 1.807) is 12.1 Å². The second-order valence-electron chi connectivity index (χ2n) is 5.01. The van der Waals surface area contributed by atoms with Crippen molar-refractivity contribution in [1.29, 1.82) is 0 Å². The second kappa shape index (κ2) is 7.53. The van der Waals surface area contributed by atoms with Crippen LogP contribution in [0.5, 0.6) is 0 Å². The zero-order chi connectivity index (χ0) is 16.0. The molecule has 0 aliphatic heterocycles. The van der Waals surface area contributed by atoms with Gasteiger partial charge in [-0.05, 0) is 24.7 Å². The number of benzene rings is 1. The van der Waals surface area contributed by atoms with Crippen molar-refractivity contribution in [2.24, 2.45) is 5.92 Å². The van der Waals surface area contributed by atoms with Crippen molar-refractivity contribution in [2.75, 3.05) is 32.5 Å². The highest BCUT2D eigenvalue weighted by Crippen LogP contribution is 2.18. The summed E-state index contributed by atoms with van der Waals surface area (Å²) >= 11 is 0. The lowest BCUT2D eigenvalue weighted by Gasteiger charge is -2.14. The number of carbonyl (C=O) groups excluding carboxylic acids is 1. The number of nitrogens with zero attached hydrogens (tertiary/aromatic N) is 1. The molecule has 21 heavy (non-hydrogen) atoms. The highest BCUT2D eigenvalue weighted by molar-refractivity contribution is 7.89. The Morgan fingerprint density at radius 2 is 2.00 bits per heavy atom. The molecule has 0 aromatic heterocycles. The number of carbonyl (C=O) groups is 1. The van der Waals surface area contributed by atoms with Gasteiger partial charge in [0, 0.05) is 32.2 Å². The van der Waals surface area contributed by atoms with E-state index in [-0.39, 0.29) is 16.7 Å². The third-order valence-corrected chi connectivity index (χ3v) is 4.84. The molecule has 2 N–H and O–H groups in total. The average Bonchev–Trinajstić information content (AvgIpc) is 2.44. The summed E-state index contributed by atoms with van der Waals surface area (Å²) in [5.41, 5.74) is 0.478. The Hall–Kier alpha value is -1.44. The van der Waals surface area contributed by atoms with Crippen LogP contribution in [-0.2, 0) is 14.8 Å². The Kier molecular flexibility index (Phi) is 6.32. The molecule has 0 aliphatic carbocycles. The summed E-state index contributed by atoms with van der Waals surface area (Å²) in [4.78, 5) is 12.2. The molecule has 1 atom stereocenters. The van der Waals surface area contributed by atoms with Crippen molar-refractivity contribution in [3.63, 3.8) is 0 Å². The van der Waals surface area contributed by atoms with Crippen LogP contribution in [0.4, 0.5) is 5.69 Å². The van der Waals surface area contributed by atoms with E-state index in [0.29, 0.717) is 12.2 Å². The molecule has 0 heterocycles. The van der Waals surface area contributed by atoms with Crippen molar-refractivity contribution in [3.05, 3.63) is 24.3 Å². The molecule has 0 fully saturated rings. The van der Waals surface area contributed by atoms with Crippen molar-refractivity contribution in [3.8, 4) is 0 Å². The first kappa shape index (κ1) is 17.6. The van der Waals surface area contributed by atoms with Crippen LogP contribution in [0.1, 0.15) is 13.8 Å². The van der Waals surface area contributed by atoms with Gasteiger partial charge in [0.05, 0.1) is 4.90 Å². The Balaban J connectivity index is 2.85. The summed E-state index contributed by atoms with van der Waals surface area (Å²) in [5.74, 6) is -0.339. The van der Waals surface area contributed by atoms with Crippen molar-refractivity contribution >= 4 is 21.6 Å². The Morgan fingerprint density at radius 1 is 1.33 bits per heavy atom. The van der Waals surface area contributed by atoms with Crippen molar-refractivity contribution in [2.45, 2.75) is 18.7 Å². The number of sulfonamides is 1. The number of rotatable bonds is 7. The predicted molar refractivity (Wildman–Crippen MR) is 83.7 cm³/mol. The van der Waals surface area contributed by atoms with Crippen LogP contribution in [-0.4, -0.2) is 45.8 Å². The fraction of sp³-hybridized carbons (Fsp3) is 0.500. The Morgan fingerprint density at radius 3 is 2.57 bits per heavy atom. The molecule has 1 aromatic rings. The molecule has 0 saturated heterocycles. The summed E-state index contributed by atoms with van der Waals surface area (Å²) in [6.07, 6.45) is 0. The molecule has 7 heteroatoms. The topological polar surface area (TPSA) is 78.5 Å². The molecule has 0 spiro atoms. The first-order valence-corrected chi connectivity index (χ1v) is 8.27. The van der Waals surface area contributed by atoms with Gasteiger partial charge in [-0.25, -0.2) is 12.7 Å². The van der Waals surface area contributed by atoms with Gasteiger partial charge in [0.15, 0.2) is 0 Å². The fourth-order valence-electron chi connectivity index (χ4n) is 1.66. The average molecular weight is 313 g/mol. The third kappa shape index (κ3) is 4.80. The largest absolute Gasteiger partial charge is 0.326 e. The first-order valence-electron chi connectivity index (χ1n) is 6.83. The van der Waals surface area contributed by atoms with Crippen LogP contribution >= 0.6 is 0 Å². The van der Waals surface area contributed by atoms with E-state index in [9.17, 15) is 13.2 Å². The molecule has 0 bridgehead atoms. The first-order chi connectivity index (χ1) is 9.78. The van der Waals surface area contributed by atoms with Gasteiger partial charge in [0.25, 0.3) is 0 Å². The third-order valence-electron chi connectivity index (χ3n) is 3.03. The van der Waals surface area contributed by atoms with E-state index in [0.717, 1.165) is 10.8 Å². The lowest BCUT2D eigenvalue weighted by Crippen LogP contribution is -2.30. The molecular formula is C14H23N3O3S. The van der Waals surface area contributed by atoms with E-state index >= 15 is 0 Å². The molecule has 1 unspecified atom stereocenters. The zero-order valence-corrected chi connectivity index (χ0v) is 13.7. The van der Waals surface area contributed by atoms with Crippen LogP contribution in [0.25, 0.3) is 0 Å². The molecule has 1 amide bonds. The monoisotopic (exact) mass is 313 g/mol. The molecule has 6 nitrogen and oxygen atoms in total. The smallest absolute Gasteiger partial charge is 0.242 e. The zero-order valence-electron chi connectivity index (χ0n) is 12.9. The number of hydrogen-bond acceptors (Lipinski definition) is 4. The molecule has 0 aliphatic rings. The minimum absolute atomic E-state index is 0.143. The van der Waals surface area contributed by atoms with Gasteiger partial charge >= 0.3 is 0 Å². The van der Waals surface area contributed by atoms with Crippen LogP contribution in [0.3, 0.4) is 0 Å². The maximum absolute atomic E-state index is 12.0. The highest BCUT2D eigenvalue weighted by Gasteiger charge is 2.18. The Labute approximate surface area is 126 Å². The minimum atomic E-state index is -3.50. The van der Waals surface area contributed by atoms with E-state index in [4.69, 9.17) is 0 Å². The van der Waals surface area contributed by atoms with Gasteiger partial charge in [0.1, 0.15) is 0 Å². The molecule has 1 rings (SSSR count). The van der Waals surface area contributed by atoms with E-state index < -0.39 is 10.0 Å².